The smallest absolute Gasteiger partial charge is 0.237 e. The third-order valence-corrected chi connectivity index (χ3v) is 5.25. The van der Waals surface area contributed by atoms with Gasteiger partial charge < -0.3 is 5.32 Å². The van der Waals surface area contributed by atoms with E-state index >= 15 is 0 Å². The molecule has 128 valence electrons. The number of nitrogens with one attached hydrogen (secondary N) is 1. The Balaban J connectivity index is 1.53. The Bertz CT molecular complexity index is 658. The highest BCUT2D eigenvalue weighted by Gasteiger charge is 2.28. The van der Waals surface area contributed by atoms with Crippen LogP contribution in [-0.4, -0.2) is 40.1 Å². The molecule has 0 radical (unpaired) electrons. The molecule has 1 saturated heterocycles. The van der Waals surface area contributed by atoms with Crippen LogP contribution in [0, 0.1) is 6.92 Å². The molecule has 0 unspecified atom stereocenters. The Morgan fingerprint density at radius 2 is 2.12 bits per heavy atom. The summed E-state index contributed by atoms with van der Waals surface area (Å²) in [5, 5.41) is 13.2. The molecule has 1 N–H and O–H groups in total. The van der Waals surface area contributed by atoms with Gasteiger partial charge in [0, 0.05) is 19.5 Å². The number of aromatic nitrogens is 2. The Kier molecular flexibility index (Phi) is 5.93. The van der Waals surface area contributed by atoms with Crippen LogP contribution in [0.5, 0.6) is 0 Å². The van der Waals surface area contributed by atoms with Gasteiger partial charge in [-0.25, -0.2) is 0 Å². The molecular formula is C18H24N4OS. The Morgan fingerprint density at radius 3 is 2.88 bits per heavy atom. The molecule has 0 spiro atoms. The molecule has 3 rings (SSSR count). The number of carbonyl (C=O) groups is 1. The van der Waals surface area contributed by atoms with Crippen molar-refractivity contribution in [3.8, 4) is 0 Å². The van der Waals surface area contributed by atoms with Gasteiger partial charge in [-0.2, -0.15) is 0 Å². The molecule has 1 aliphatic heterocycles. The quantitative estimate of drug-likeness (QED) is 0.875. The summed E-state index contributed by atoms with van der Waals surface area (Å²) in [6.07, 6.45) is 3.99. The summed E-state index contributed by atoms with van der Waals surface area (Å²) in [6.45, 7) is 4.41. The topological polar surface area (TPSA) is 58.1 Å². The fourth-order valence-electron chi connectivity index (χ4n) is 3.14. The van der Waals surface area contributed by atoms with Crippen molar-refractivity contribution in [1.29, 1.82) is 0 Å². The number of aryl methyl sites for hydroxylation is 1. The van der Waals surface area contributed by atoms with Crippen molar-refractivity contribution in [3.63, 3.8) is 0 Å². The lowest BCUT2D eigenvalue weighted by Gasteiger charge is -2.34. The first-order valence-corrected chi connectivity index (χ1v) is 9.39. The van der Waals surface area contributed by atoms with Crippen LogP contribution in [0.15, 0.2) is 30.3 Å². The molecule has 2 aromatic rings. The van der Waals surface area contributed by atoms with Crippen LogP contribution < -0.4 is 5.32 Å². The average molecular weight is 344 g/mol. The lowest BCUT2D eigenvalue weighted by Crippen LogP contribution is -2.49. The summed E-state index contributed by atoms with van der Waals surface area (Å²) in [7, 11) is 0. The first-order valence-electron chi connectivity index (χ1n) is 8.57. The molecule has 0 bridgehead atoms. The molecule has 0 saturated carbocycles. The standard InChI is InChI=1S/C18H24N4OS/c1-14-20-21-17(24-14)10-11-19-18(23)16-9-5-6-12-22(16)13-15-7-3-2-4-8-15/h2-4,7-8,16H,5-6,9-13H2,1H3,(H,19,23)/t16-/m1/s1. The van der Waals surface area contributed by atoms with Crippen molar-refractivity contribution in [1.82, 2.24) is 20.4 Å². The minimum Gasteiger partial charge on any atom is -0.354 e. The van der Waals surface area contributed by atoms with Gasteiger partial charge in [-0.05, 0) is 31.9 Å². The van der Waals surface area contributed by atoms with E-state index in [0.717, 1.165) is 42.4 Å². The highest BCUT2D eigenvalue weighted by Crippen LogP contribution is 2.20. The number of likely N-dealkylation sites (tertiary alicyclic amines) is 1. The number of hydrogen-bond acceptors (Lipinski definition) is 5. The number of hydrogen-bond donors (Lipinski definition) is 1. The largest absolute Gasteiger partial charge is 0.354 e. The molecule has 5 nitrogen and oxygen atoms in total. The maximum absolute atomic E-state index is 12.6. The van der Waals surface area contributed by atoms with Crippen molar-refractivity contribution < 1.29 is 4.79 Å². The number of carbonyl (C=O) groups excluding carboxylic acids is 1. The van der Waals surface area contributed by atoms with Gasteiger partial charge in [-0.3, -0.25) is 9.69 Å². The van der Waals surface area contributed by atoms with Crippen molar-refractivity contribution in [2.75, 3.05) is 13.1 Å². The summed E-state index contributed by atoms with van der Waals surface area (Å²) in [5.41, 5.74) is 1.27. The minimum atomic E-state index is -0.0184. The maximum atomic E-state index is 12.6. The van der Waals surface area contributed by atoms with Gasteiger partial charge in [0.25, 0.3) is 0 Å². The van der Waals surface area contributed by atoms with Gasteiger partial charge in [0.1, 0.15) is 10.0 Å². The first-order chi connectivity index (χ1) is 11.7. The van der Waals surface area contributed by atoms with Crippen LogP contribution in [0.25, 0.3) is 0 Å². The molecule has 24 heavy (non-hydrogen) atoms. The highest BCUT2D eigenvalue weighted by atomic mass is 32.1. The van der Waals surface area contributed by atoms with Crippen LogP contribution in [0.3, 0.4) is 0 Å². The molecule has 2 heterocycles. The fourth-order valence-corrected chi connectivity index (χ4v) is 3.85. The van der Waals surface area contributed by atoms with Gasteiger partial charge in [-0.1, -0.05) is 36.8 Å². The summed E-state index contributed by atoms with van der Waals surface area (Å²) < 4.78 is 0. The second kappa shape index (κ2) is 8.35. The second-order valence-electron chi connectivity index (χ2n) is 6.22. The molecular weight excluding hydrogens is 320 g/mol. The summed E-state index contributed by atoms with van der Waals surface area (Å²) in [6, 6.07) is 10.4. The molecule has 1 aromatic heterocycles. The van der Waals surface area contributed by atoms with E-state index in [4.69, 9.17) is 0 Å². The predicted molar refractivity (Wildman–Crippen MR) is 95.9 cm³/mol. The third kappa shape index (κ3) is 4.61. The number of nitrogens with zero attached hydrogens (tertiary/aromatic N) is 3. The van der Waals surface area contributed by atoms with E-state index in [9.17, 15) is 4.79 Å². The van der Waals surface area contributed by atoms with Gasteiger partial charge in [0.05, 0.1) is 6.04 Å². The number of benzene rings is 1. The lowest BCUT2D eigenvalue weighted by atomic mass is 10.0. The maximum Gasteiger partial charge on any atom is 0.237 e. The second-order valence-corrected chi connectivity index (χ2v) is 7.49. The number of piperidine rings is 1. The van der Waals surface area contributed by atoms with Crippen molar-refractivity contribution in [2.24, 2.45) is 0 Å². The van der Waals surface area contributed by atoms with Gasteiger partial charge >= 0.3 is 0 Å². The van der Waals surface area contributed by atoms with E-state index < -0.39 is 0 Å². The molecule has 0 aliphatic carbocycles. The van der Waals surface area contributed by atoms with E-state index in [1.165, 1.54) is 12.0 Å². The summed E-state index contributed by atoms with van der Waals surface area (Å²) in [4.78, 5) is 14.9. The Morgan fingerprint density at radius 1 is 1.29 bits per heavy atom. The average Bonchev–Trinajstić information content (AvgIpc) is 3.01. The summed E-state index contributed by atoms with van der Waals surface area (Å²) in [5.74, 6) is 0.145. The van der Waals surface area contributed by atoms with E-state index in [-0.39, 0.29) is 11.9 Å². The van der Waals surface area contributed by atoms with Crippen LogP contribution in [0.1, 0.15) is 34.8 Å². The normalized spacial score (nSPS) is 18.5. The number of rotatable bonds is 6. The van der Waals surface area contributed by atoms with E-state index in [1.807, 2.05) is 13.0 Å². The molecule has 1 aromatic carbocycles. The van der Waals surface area contributed by atoms with Crippen LogP contribution in [0.2, 0.25) is 0 Å². The fraction of sp³-hybridized carbons (Fsp3) is 0.500. The zero-order valence-electron chi connectivity index (χ0n) is 14.1. The molecule has 6 heteroatoms. The highest BCUT2D eigenvalue weighted by molar-refractivity contribution is 7.11. The van der Waals surface area contributed by atoms with Crippen molar-refractivity contribution in [3.05, 3.63) is 45.9 Å². The van der Waals surface area contributed by atoms with Crippen molar-refractivity contribution >= 4 is 17.2 Å². The van der Waals surface area contributed by atoms with Crippen LogP contribution in [-0.2, 0) is 17.8 Å². The third-order valence-electron chi connectivity index (χ3n) is 4.35. The minimum absolute atomic E-state index is 0.0184. The molecule has 1 amide bonds. The van der Waals surface area contributed by atoms with E-state index in [2.05, 4.69) is 44.7 Å². The van der Waals surface area contributed by atoms with E-state index in [0.29, 0.717) is 6.54 Å². The zero-order chi connectivity index (χ0) is 16.8. The Labute approximate surface area is 147 Å². The molecule has 1 fully saturated rings. The lowest BCUT2D eigenvalue weighted by molar-refractivity contribution is -0.127. The van der Waals surface area contributed by atoms with Crippen LogP contribution in [0.4, 0.5) is 0 Å². The SMILES string of the molecule is Cc1nnc(CCNC(=O)[C@H]2CCCCN2Cc2ccccc2)s1. The van der Waals surface area contributed by atoms with Crippen molar-refractivity contribution in [2.45, 2.75) is 45.2 Å². The van der Waals surface area contributed by atoms with Gasteiger partial charge in [-0.15, -0.1) is 21.5 Å². The van der Waals surface area contributed by atoms with Gasteiger partial charge in [0.2, 0.25) is 5.91 Å². The first kappa shape index (κ1) is 17.0. The molecule has 1 aliphatic rings. The van der Waals surface area contributed by atoms with E-state index in [1.54, 1.807) is 11.3 Å². The molecule has 1 atom stereocenters. The zero-order valence-corrected chi connectivity index (χ0v) is 14.9. The van der Waals surface area contributed by atoms with Crippen LogP contribution >= 0.6 is 11.3 Å². The Hall–Kier alpha value is -1.79. The summed E-state index contributed by atoms with van der Waals surface area (Å²) >= 11 is 1.59. The van der Waals surface area contributed by atoms with Gasteiger partial charge in [0.15, 0.2) is 0 Å². The number of amides is 1. The monoisotopic (exact) mass is 344 g/mol. The predicted octanol–water partition coefficient (Wildman–Crippen LogP) is 2.56.